The highest BCUT2D eigenvalue weighted by molar-refractivity contribution is 5.91. The van der Waals surface area contributed by atoms with Gasteiger partial charge in [-0.1, -0.05) is 30.3 Å². The molecule has 1 heterocycles. The van der Waals surface area contributed by atoms with Gasteiger partial charge in [0.2, 0.25) is 0 Å². The molecule has 0 aliphatic heterocycles. The van der Waals surface area contributed by atoms with Gasteiger partial charge in [0, 0.05) is 18.1 Å². The zero-order chi connectivity index (χ0) is 13.9. The Balaban J connectivity index is 1.91. The summed E-state index contributed by atoms with van der Waals surface area (Å²) in [4.78, 5) is 16.3. The summed E-state index contributed by atoms with van der Waals surface area (Å²) in [7, 11) is 0. The van der Waals surface area contributed by atoms with Crippen molar-refractivity contribution in [3.05, 3.63) is 66.5 Å². The van der Waals surface area contributed by atoms with Crippen molar-refractivity contribution < 1.29 is 4.79 Å². The summed E-state index contributed by atoms with van der Waals surface area (Å²) in [6.45, 7) is 0.459. The average molecular weight is 265 g/mol. The Morgan fingerprint density at radius 3 is 2.55 bits per heavy atom. The standard InChI is InChI=1S/C16H15N3O/c17-16(20)19(15-4-2-1-3-5-15)11-12-6-7-13-9-18-10-14(13)8-12/h1-10,18H,11H2,(H2,17,20). The normalized spacial score (nSPS) is 10.6. The van der Waals surface area contributed by atoms with E-state index in [-0.39, 0.29) is 0 Å². The predicted octanol–water partition coefficient (Wildman–Crippen LogP) is 3.25. The summed E-state index contributed by atoms with van der Waals surface area (Å²) >= 11 is 0. The maximum Gasteiger partial charge on any atom is 0.319 e. The van der Waals surface area contributed by atoms with Crippen molar-refractivity contribution in [1.82, 2.24) is 4.98 Å². The smallest absolute Gasteiger partial charge is 0.319 e. The SMILES string of the molecule is NC(=O)N(Cc1ccc2c[nH]cc2c1)c1ccccc1. The molecule has 0 atom stereocenters. The number of urea groups is 1. The molecule has 0 fully saturated rings. The van der Waals surface area contributed by atoms with Gasteiger partial charge in [0.1, 0.15) is 0 Å². The number of nitrogens with zero attached hydrogens (tertiary/aromatic N) is 1. The monoisotopic (exact) mass is 265 g/mol. The first kappa shape index (κ1) is 12.3. The van der Waals surface area contributed by atoms with Gasteiger partial charge in [0.25, 0.3) is 0 Å². The van der Waals surface area contributed by atoms with Crippen molar-refractivity contribution in [3.8, 4) is 0 Å². The molecule has 0 unspecified atom stereocenters. The number of nitrogens with one attached hydrogen (secondary N) is 1. The van der Waals surface area contributed by atoms with Gasteiger partial charge < -0.3 is 10.7 Å². The number of fused-ring (bicyclic) bond motifs is 1. The van der Waals surface area contributed by atoms with Crippen molar-refractivity contribution in [2.75, 3.05) is 4.90 Å². The number of amides is 2. The molecule has 0 saturated heterocycles. The van der Waals surface area contributed by atoms with Crippen molar-refractivity contribution >= 4 is 22.5 Å². The molecule has 0 saturated carbocycles. The van der Waals surface area contributed by atoms with Crippen LogP contribution < -0.4 is 10.6 Å². The van der Waals surface area contributed by atoms with Crippen LogP contribution in [0.3, 0.4) is 0 Å². The van der Waals surface area contributed by atoms with E-state index in [1.807, 2.05) is 54.9 Å². The second-order valence-electron chi connectivity index (χ2n) is 4.68. The lowest BCUT2D eigenvalue weighted by Gasteiger charge is -2.20. The number of para-hydroxylation sites is 1. The van der Waals surface area contributed by atoms with Gasteiger partial charge in [-0.2, -0.15) is 0 Å². The van der Waals surface area contributed by atoms with Crippen LogP contribution in [0, 0.1) is 0 Å². The van der Waals surface area contributed by atoms with Crippen molar-refractivity contribution in [3.63, 3.8) is 0 Å². The topological polar surface area (TPSA) is 62.1 Å². The first-order valence-corrected chi connectivity index (χ1v) is 6.41. The number of aromatic amines is 1. The van der Waals surface area contributed by atoms with E-state index in [0.717, 1.165) is 22.0 Å². The molecule has 0 spiro atoms. The summed E-state index contributed by atoms with van der Waals surface area (Å²) in [5.74, 6) is 0. The number of nitrogens with two attached hydrogens (primary N) is 1. The molecule has 4 heteroatoms. The molecule has 2 amide bonds. The first-order valence-electron chi connectivity index (χ1n) is 6.41. The molecule has 0 aliphatic rings. The fourth-order valence-electron chi connectivity index (χ4n) is 2.29. The van der Waals surface area contributed by atoms with Crippen LogP contribution in [0.2, 0.25) is 0 Å². The number of H-pyrrole nitrogens is 1. The van der Waals surface area contributed by atoms with Crippen molar-refractivity contribution in [2.24, 2.45) is 5.73 Å². The average Bonchev–Trinajstić information content (AvgIpc) is 2.93. The van der Waals surface area contributed by atoms with Gasteiger partial charge >= 0.3 is 6.03 Å². The zero-order valence-corrected chi connectivity index (χ0v) is 10.9. The van der Waals surface area contributed by atoms with Crippen LogP contribution in [-0.2, 0) is 6.54 Å². The van der Waals surface area contributed by atoms with Crippen LogP contribution in [0.25, 0.3) is 10.8 Å². The summed E-state index contributed by atoms with van der Waals surface area (Å²) < 4.78 is 0. The van der Waals surface area contributed by atoms with E-state index >= 15 is 0 Å². The lowest BCUT2D eigenvalue weighted by Crippen LogP contribution is -2.35. The van der Waals surface area contributed by atoms with Crippen molar-refractivity contribution in [1.29, 1.82) is 0 Å². The lowest BCUT2D eigenvalue weighted by molar-refractivity contribution is 0.253. The second-order valence-corrected chi connectivity index (χ2v) is 4.68. The van der Waals surface area contributed by atoms with Crippen LogP contribution in [0.15, 0.2) is 60.9 Å². The molecule has 0 bridgehead atoms. The van der Waals surface area contributed by atoms with Gasteiger partial charge in [-0.3, -0.25) is 4.90 Å². The van der Waals surface area contributed by atoms with Gasteiger partial charge in [-0.25, -0.2) is 4.79 Å². The second kappa shape index (κ2) is 5.09. The summed E-state index contributed by atoms with van der Waals surface area (Å²) in [5.41, 5.74) is 7.33. The quantitative estimate of drug-likeness (QED) is 0.750. The van der Waals surface area contributed by atoms with Crippen LogP contribution in [-0.4, -0.2) is 11.0 Å². The van der Waals surface area contributed by atoms with Crippen LogP contribution in [0.4, 0.5) is 10.5 Å². The number of benzene rings is 2. The zero-order valence-electron chi connectivity index (χ0n) is 10.9. The molecular formula is C16H15N3O. The van der Waals surface area contributed by atoms with E-state index in [0.29, 0.717) is 6.54 Å². The molecule has 3 aromatic rings. The minimum absolute atomic E-state index is 0.453. The Hall–Kier alpha value is -2.75. The fraction of sp³-hybridized carbons (Fsp3) is 0.0625. The maximum absolute atomic E-state index is 11.7. The molecule has 4 nitrogen and oxygen atoms in total. The largest absolute Gasteiger partial charge is 0.366 e. The highest BCUT2D eigenvalue weighted by atomic mass is 16.2. The third-order valence-electron chi connectivity index (χ3n) is 3.30. The molecule has 3 N–H and O–H groups in total. The van der Waals surface area contributed by atoms with Gasteiger partial charge in [0.15, 0.2) is 0 Å². The number of hydrogen-bond donors (Lipinski definition) is 2. The Morgan fingerprint density at radius 2 is 1.80 bits per heavy atom. The van der Waals surface area contributed by atoms with Crippen LogP contribution in [0.5, 0.6) is 0 Å². The van der Waals surface area contributed by atoms with E-state index < -0.39 is 6.03 Å². The number of carbonyl (C=O) groups excluding carboxylic acids is 1. The third kappa shape index (κ3) is 2.36. The number of hydrogen-bond acceptors (Lipinski definition) is 1. The summed E-state index contributed by atoms with van der Waals surface area (Å²) in [6.07, 6.45) is 3.89. The Kier molecular flexibility index (Phi) is 3.13. The number of carbonyl (C=O) groups is 1. The Labute approximate surface area is 116 Å². The van der Waals surface area contributed by atoms with Gasteiger partial charge in [-0.05, 0) is 34.5 Å². The lowest BCUT2D eigenvalue weighted by atomic mass is 10.1. The van der Waals surface area contributed by atoms with Crippen molar-refractivity contribution in [2.45, 2.75) is 6.54 Å². The maximum atomic E-state index is 11.7. The molecule has 20 heavy (non-hydrogen) atoms. The number of aromatic nitrogens is 1. The van der Waals surface area contributed by atoms with Crippen LogP contribution >= 0.6 is 0 Å². The molecule has 2 aromatic carbocycles. The number of rotatable bonds is 3. The number of anilines is 1. The summed E-state index contributed by atoms with van der Waals surface area (Å²) in [5, 5.41) is 2.28. The first-order chi connectivity index (χ1) is 9.74. The van der Waals surface area contributed by atoms with Gasteiger partial charge in [0.05, 0.1) is 6.54 Å². The minimum Gasteiger partial charge on any atom is -0.366 e. The van der Waals surface area contributed by atoms with Crippen LogP contribution in [0.1, 0.15) is 5.56 Å². The van der Waals surface area contributed by atoms with E-state index in [1.165, 1.54) is 0 Å². The van der Waals surface area contributed by atoms with E-state index in [1.54, 1.807) is 4.90 Å². The molecule has 0 aliphatic carbocycles. The molecular weight excluding hydrogens is 250 g/mol. The molecule has 3 rings (SSSR count). The third-order valence-corrected chi connectivity index (χ3v) is 3.30. The van der Waals surface area contributed by atoms with E-state index in [2.05, 4.69) is 11.1 Å². The Morgan fingerprint density at radius 1 is 1.05 bits per heavy atom. The molecule has 1 aromatic heterocycles. The predicted molar refractivity (Wildman–Crippen MR) is 80.5 cm³/mol. The molecule has 0 radical (unpaired) electrons. The Bertz CT molecular complexity index is 734. The molecule has 100 valence electrons. The highest BCUT2D eigenvalue weighted by Crippen LogP contribution is 2.20. The number of primary amides is 1. The fourth-order valence-corrected chi connectivity index (χ4v) is 2.29. The highest BCUT2D eigenvalue weighted by Gasteiger charge is 2.12. The van der Waals surface area contributed by atoms with E-state index in [4.69, 9.17) is 5.73 Å². The van der Waals surface area contributed by atoms with E-state index in [9.17, 15) is 4.79 Å². The summed E-state index contributed by atoms with van der Waals surface area (Å²) in [6, 6.07) is 15.1. The van der Waals surface area contributed by atoms with Gasteiger partial charge in [-0.15, -0.1) is 0 Å². The minimum atomic E-state index is -0.453.